The van der Waals surface area contributed by atoms with E-state index < -0.39 is 0 Å². The number of aryl methyl sites for hydroxylation is 2. The molecule has 1 aliphatic carbocycles. The first-order valence-electron chi connectivity index (χ1n) is 7.91. The third-order valence-corrected chi connectivity index (χ3v) is 4.82. The number of benzene rings is 1. The average molecular weight is 258 g/mol. The van der Waals surface area contributed by atoms with Crippen LogP contribution in [0.2, 0.25) is 0 Å². The van der Waals surface area contributed by atoms with Crippen molar-refractivity contribution >= 4 is 0 Å². The van der Waals surface area contributed by atoms with Crippen LogP contribution in [0.3, 0.4) is 0 Å². The zero-order chi connectivity index (χ0) is 13.1. The fraction of sp³-hybridized carbons (Fsp3) is 0.647. The lowest BCUT2D eigenvalue weighted by atomic mass is 10.0. The van der Waals surface area contributed by atoms with E-state index in [-0.39, 0.29) is 0 Å². The average Bonchev–Trinajstić information content (AvgIpc) is 2.78. The van der Waals surface area contributed by atoms with E-state index in [9.17, 15) is 0 Å². The molecule has 0 radical (unpaired) electrons. The Morgan fingerprint density at radius 3 is 2.84 bits per heavy atom. The van der Waals surface area contributed by atoms with Crippen molar-refractivity contribution in [1.82, 2.24) is 4.90 Å². The van der Waals surface area contributed by atoms with Gasteiger partial charge in [-0.25, -0.2) is 0 Å². The molecule has 19 heavy (non-hydrogen) atoms. The van der Waals surface area contributed by atoms with E-state index in [2.05, 4.69) is 23.1 Å². The van der Waals surface area contributed by atoms with Gasteiger partial charge in [0.15, 0.2) is 0 Å². The SMILES string of the molecule is NCC1CCCCCN1Cc1ccc2c(c1)CCC2. The van der Waals surface area contributed by atoms with Crippen molar-refractivity contribution in [3.05, 3.63) is 34.9 Å². The summed E-state index contributed by atoms with van der Waals surface area (Å²) in [5.74, 6) is 0. The molecule has 1 heterocycles. The van der Waals surface area contributed by atoms with Crippen molar-refractivity contribution in [3.8, 4) is 0 Å². The maximum atomic E-state index is 5.97. The third-order valence-electron chi connectivity index (χ3n) is 4.82. The Kier molecular flexibility index (Phi) is 4.19. The summed E-state index contributed by atoms with van der Waals surface area (Å²) in [7, 11) is 0. The maximum absolute atomic E-state index is 5.97. The monoisotopic (exact) mass is 258 g/mol. The molecule has 1 saturated heterocycles. The molecule has 104 valence electrons. The van der Waals surface area contributed by atoms with Crippen LogP contribution < -0.4 is 5.73 Å². The van der Waals surface area contributed by atoms with E-state index in [4.69, 9.17) is 5.73 Å². The molecule has 2 nitrogen and oxygen atoms in total. The lowest BCUT2D eigenvalue weighted by Gasteiger charge is -2.29. The predicted octanol–water partition coefficient (Wildman–Crippen LogP) is 2.88. The van der Waals surface area contributed by atoms with Crippen LogP contribution in [0, 0.1) is 0 Å². The fourth-order valence-corrected chi connectivity index (χ4v) is 3.67. The molecule has 0 bridgehead atoms. The molecule has 3 rings (SSSR count). The summed E-state index contributed by atoms with van der Waals surface area (Å²) < 4.78 is 0. The van der Waals surface area contributed by atoms with Crippen LogP contribution in [0.4, 0.5) is 0 Å². The van der Waals surface area contributed by atoms with Crippen LogP contribution in [0.1, 0.15) is 48.8 Å². The molecule has 1 aliphatic heterocycles. The molecule has 1 unspecified atom stereocenters. The molecule has 0 spiro atoms. The van der Waals surface area contributed by atoms with Gasteiger partial charge in [0.05, 0.1) is 0 Å². The molecule has 1 aromatic carbocycles. The summed E-state index contributed by atoms with van der Waals surface area (Å²) in [6, 6.07) is 7.73. The molecule has 1 aromatic rings. The van der Waals surface area contributed by atoms with Crippen molar-refractivity contribution in [3.63, 3.8) is 0 Å². The molecule has 2 aliphatic rings. The Morgan fingerprint density at radius 2 is 1.95 bits per heavy atom. The van der Waals surface area contributed by atoms with Crippen molar-refractivity contribution in [2.24, 2.45) is 5.73 Å². The molecular formula is C17H26N2. The Bertz CT molecular complexity index is 427. The lowest BCUT2D eigenvalue weighted by molar-refractivity contribution is 0.196. The van der Waals surface area contributed by atoms with Gasteiger partial charge in [-0.2, -0.15) is 0 Å². The highest BCUT2D eigenvalue weighted by Crippen LogP contribution is 2.25. The first-order chi connectivity index (χ1) is 9.36. The zero-order valence-electron chi connectivity index (χ0n) is 11.9. The topological polar surface area (TPSA) is 29.3 Å². The number of nitrogens with zero attached hydrogens (tertiary/aromatic N) is 1. The second-order valence-electron chi connectivity index (χ2n) is 6.17. The van der Waals surface area contributed by atoms with Gasteiger partial charge in [0.2, 0.25) is 0 Å². The number of fused-ring (bicyclic) bond motifs is 1. The van der Waals surface area contributed by atoms with Crippen LogP contribution in [0.15, 0.2) is 18.2 Å². The quantitative estimate of drug-likeness (QED) is 0.903. The zero-order valence-corrected chi connectivity index (χ0v) is 11.9. The smallest absolute Gasteiger partial charge is 0.0237 e. The first-order valence-corrected chi connectivity index (χ1v) is 7.91. The second kappa shape index (κ2) is 6.06. The van der Waals surface area contributed by atoms with Gasteiger partial charge in [-0.3, -0.25) is 4.90 Å². The number of likely N-dealkylation sites (tertiary alicyclic amines) is 1. The molecule has 1 fully saturated rings. The summed E-state index contributed by atoms with van der Waals surface area (Å²) in [5.41, 5.74) is 10.6. The fourth-order valence-electron chi connectivity index (χ4n) is 3.67. The lowest BCUT2D eigenvalue weighted by Crippen LogP contribution is -2.39. The highest BCUT2D eigenvalue weighted by molar-refractivity contribution is 5.35. The molecule has 1 atom stereocenters. The van der Waals surface area contributed by atoms with Crippen molar-refractivity contribution in [1.29, 1.82) is 0 Å². The van der Waals surface area contributed by atoms with Gasteiger partial charge in [0, 0.05) is 19.1 Å². The van der Waals surface area contributed by atoms with Gasteiger partial charge in [-0.15, -0.1) is 0 Å². The molecular weight excluding hydrogens is 232 g/mol. The van der Waals surface area contributed by atoms with Crippen LogP contribution in [-0.4, -0.2) is 24.0 Å². The predicted molar refractivity (Wildman–Crippen MR) is 80.2 cm³/mol. The summed E-state index contributed by atoms with van der Waals surface area (Å²) >= 11 is 0. The first kappa shape index (κ1) is 13.1. The molecule has 0 aromatic heterocycles. The Morgan fingerprint density at radius 1 is 1.05 bits per heavy atom. The van der Waals surface area contributed by atoms with Crippen molar-refractivity contribution in [2.45, 2.75) is 57.5 Å². The summed E-state index contributed by atoms with van der Waals surface area (Å²) in [5, 5.41) is 0. The standard InChI is InChI=1S/C17H26N2/c18-12-17-7-2-1-3-10-19(17)13-14-8-9-15-5-4-6-16(15)11-14/h8-9,11,17H,1-7,10,12-13,18H2. The van der Waals surface area contributed by atoms with Crippen LogP contribution in [0.25, 0.3) is 0 Å². The van der Waals surface area contributed by atoms with Crippen molar-refractivity contribution in [2.75, 3.05) is 13.1 Å². The second-order valence-corrected chi connectivity index (χ2v) is 6.17. The molecule has 2 N–H and O–H groups in total. The molecule has 2 heteroatoms. The van der Waals surface area contributed by atoms with E-state index in [1.165, 1.54) is 57.1 Å². The molecule has 0 saturated carbocycles. The summed E-state index contributed by atoms with van der Waals surface area (Å²) in [4.78, 5) is 2.61. The van der Waals surface area contributed by atoms with E-state index in [1.807, 2.05) is 0 Å². The Labute approximate surface area is 117 Å². The Balaban J connectivity index is 1.72. The van der Waals surface area contributed by atoms with Crippen LogP contribution in [-0.2, 0) is 19.4 Å². The van der Waals surface area contributed by atoms with Gasteiger partial charge >= 0.3 is 0 Å². The van der Waals surface area contributed by atoms with Gasteiger partial charge in [0.1, 0.15) is 0 Å². The minimum absolute atomic E-state index is 0.593. The number of nitrogens with two attached hydrogens (primary N) is 1. The van der Waals surface area contributed by atoms with E-state index in [0.29, 0.717) is 6.04 Å². The van der Waals surface area contributed by atoms with E-state index in [0.717, 1.165) is 13.1 Å². The van der Waals surface area contributed by atoms with Crippen LogP contribution in [0.5, 0.6) is 0 Å². The number of hydrogen-bond donors (Lipinski definition) is 1. The van der Waals surface area contributed by atoms with Gasteiger partial charge in [-0.05, 0) is 55.3 Å². The van der Waals surface area contributed by atoms with Gasteiger partial charge in [-0.1, -0.05) is 31.0 Å². The van der Waals surface area contributed by atoms with Gasteiger partial charge < -0.3 is 5.73 Å². The number of rotatable bonds is 3. The minimum atomic E-state index is 0.593. The maximum Gasteiger partial charge on any atom is 0.0237 e. The highest BCUT2D eigenvalue weighted by atomic mass is 15.2. The number of hydrogen-bond acceptors (Lipinski definition) is 2. The van der Waals surface area contributed by atoms with Crippen LogP contribution >= 0.6 is 0 Å². The van der Waals surface area contributed by atoms with E-state index in [1.54, 1.807) is 11.1 Å². The highest BCUT2D eigenvalue weighted by Gasteiger charge is 2.20. The van der Waals surface area contributed by atoms with E-state index >= 15 is 0 Å². The Hall–Kier alpha value is -0.860. The molecule has 0 amide bonds. The summed E-state index contributed by atoms with van der Waals surface area (Å²) in [6.07, 6.45) is 9.24. The van der Waals surface area contributed by atoms with Gasteiger partial charge in [0.25, 0.3) is 0 Å². The summed E-state index contributed by atoms with van der Waals surface area (Å²) in [6.45, 7) is 3.12. The minimum Gasteiger partial charge on any atom is -0.329 e. The normalized spacial score (nSPS) is 24.2. The largest absolute Gasteiger partial charge is 0.329 e. The van der Waals surface area contributed by atoms with Crippen molar-refractivity contribution < 1.29 is 0 Å². The third kappa shape index (κ3) is 3.01.